The molecule has 1 aliphatic carbocycles. The van der Waals surface area contributed by atoms with Gasteiger partial charge in [0.25, 0.3) is 5.82 Å². The van der Waals surface area contributed by atoms with Gasteiger partial charge in [0.2, 0.25) is 5.92 Å². The van der Waals surface area contributed by atoms with Gasteiger partial charge < -0.3 is 26.8 Å². The van der Waals surface area contributed by atoms with Crippen LogP contribution in [0.25, 0.3) is 0 Å². The summed E-state index contributed by atoms with van der Waals surface area (Å²) in [6.07, 6.45) is 3.74. The summed E-state index contributed by atoms with van der Waals surface area (Å²) in [5.74, 6) is -3.55. The molecule has 4 rings (SSSR count). The Hall–Kier alpha value is -2.58. The van der Waals surface area contributed by atoms with Crippen molar-refractivity contribution in [2.75, 3.05) is 6.61 Å². The van der Waals surface area contributed by atoms with E-state index in [1.54, 1.807) is 30.3 Å². The molecule has 0 bridgehead atoms. The maximum absolute atomic E-state index is 13.9. The monoisotopic (exact) mass is 548 g/mol. The van der Waals surface area contributed by atoms with Crippen LogP contribution in [0.3, 0.4) is 0 Å². The van der Waals surface area contributed by atoms with E-state index in [0.29, 0.717) is 18.5 Å². The van der Waals surface area contributed by atoms with E-state index in [9.17, 15) is 18.7 Å². The number of nitrogens with zero attached hydrogens (tertiary/aromatic N) is 2. The average molecular weight is 549 g/mol. The van der Waals surface area contributed by atoms with Gasteiger partial charge in [-0.15, -0.1) is 0 Å². The summed E-state index contributed by atoms with van der Waals surface area (Å²) in [6.45, 7) is 3.52. The van der Waals surface area contributed by atoms with E-state index in [0.717, 1.165) is 12.4 Å². The van der Waals surface area contributed by atoms with E-state index in [-0.39, 0.29) is 36.4 Å². The Morgan fingerprint density at radius 3 is 2.46 bits per heavy atom. The van der Waals surface area contributed by atoms with Gasteiger partial charge in [-0.3, -0.25) is 0 Å². The van der Waals surface area contributed by atoms with Crippen LogP contribution in [0.1, 0.15) is 42.6 Å². The van der Waals surface area contributed by atoms with Crippen LogP contribution in [-0.2, 0) is 28.2 Å². The van der Waals surface area contributed by atoms with Crippen molar-refractivity contribution in [3.8, 4) is 0 Å². The van der Waals surface area contributed by atoms with Crippen LogP contribution >= 0.6 is 0 Å². The van der Waals surface area contributed by atoms with Gasteiger partial charge in [0.05, 0.1) is 13.2 Å². The van der Waals surface area contributed by atoms with Crippen molar-refractivity contribution in [3.63, 3.8) is 0 Å². The molecule has 2 atom stereocenters. The number of ether oxygens (including phenoxy) is 1. The molecule has 0 spiro atoms. The molecule has 0 radical (unpaired) electrons. The summed E-state index contributed by atoms with van der Waals surface area (Å²) in [5.41, 5.74) is -0.575. The van der Waals surface area contributed by atoms with Gasteiger partial charge in [0.1, 0.15) is 18.9 Å². The predicted molar refractivity (Wildman–Crippen MR) is 123 cm³/mol. The molecular weight excluding hydrogens is 518 g/mol. The molecule has 1 fully saturated rings. The van der Waals surface area contributed by atoms with E-state index in [1.165, 1.54) is 5.56 Å². The van der Waals surface area contributed by atoms with Crippen LogP contribution in [0.15, 0.2) is 73.1 Å². The number of aryl methyl sites for hydroxylation is 1. The molecule has 0 saturated heterocycles. The van der Waals surface area contributed by atoms with Crippen molar-refractivity contribution in [1.82, 2.24) is 4.57 Å². The van der Waals surface area contributed by atoms with Crippen molar-refractivity contribution >= 4 is 5.97 Å². The van der Waals surface area contributed by atoms with Crippen LogP contribution in [0.4, 0.5) is 8.78 Å². The van der Waals surface area contributed by atoms with Crippen molar-refractivity contribution in [3.05, 3.63) is 90.0 Å². The van der Waals surface area contributed by atoms with E-state index in [1.807, 2.05) is 37.5 Å². The van der Waals surface area contributed by atoms with Gasteiger partial charge in [-0.05, 0) is 17.5 Å². The molecule has 0 unspecified atom stereocenters. The molecule has 1 aliphatic rings. The van der Waals surface area contributed by atoms with Gasteiger partial charge in [0.15, 0.2) is 5.60 Å². The molecule has 2 aromatic carbocycles. The number of alkyl halides is 2. The maximum atomic E-state index is 13.9. The fraction of sp³-hybridized carbons (Fsp3) is 0.407. The Morgan fingerprint density at radius 2 is 1.83 bits per heavy atom. The topological polar surface area (TPSA) is 55.3 Å². The zero-order valence-corrected chi connectivity index (χ0v) is 21.3. The number of hydrogen-bond acceptors (Lipinski definition) is 3. The number of hydrogen-bond donors (Lipinski definition) is 1. The molecule has 35 heavy (non-hydrogen) atoms. The van der Waals surface area contributed by atoms with Crippen LogP contribution in [0.2, 0.25) is 0 Å². The molecule has 1 saturated carbocycles. The molecule has 1 N–H and O–H groups in total. The molecule has 8 heteroatoms. The highest BCUT2D eigenvalue weighted by atomic mass is 79.9. The summed E-state index contributed by atoms with van der Waals surface area (Å²) in [6, 6.07) is 18.5. The molecule has 1 aromatic heterocycles. The first-order valence-corrected chi connectivity index (χ1v) is 11.7. The first kappa shape index (κ1) is 27.0. The second-order valence-electron chi connectivity index (χ2n) is 9.07. The van der Waals surface area contributed by atoms with Crippen LogP contribution in [-0.4, -0.2) is 28.2 Å². The fourth-order valence-corrected chi connectivity index (χ4v) is 4.75. The number of imidazole rings is 1. The van der Waals surface area contributed by atoms with Gasteiger partial charge in [-0.1, -0.05) is 60.7 Å². The molecular formula is C27H31BrF2N2O3. The summed E-state index contributed by atoms with van der Waals surface area (Å²) in [4.78, 5) is 13.0. The van der Waals surface area contributed by atoms with Crippen LogP contribution < -0.4 is 21.5 Å². The SMILES string of the molecule is Cc1n(CCCOC(=O)[C@](O)(c2ccccc2)[C@H]2CCC(F)(F)C2)cc[n+]1Cc1ccccc1.[Br-]. The van der Waals surface area contributed by atoms with Crippen molar-refractivity contribution < 1.29 is 45.0 Å². The normalized spacial score (nSPS) is 18.5. The van der Waals surface area contributed by atoms with E-state index < -0.39 is 29.8 Å². The average Bonchev–Trinajstić information content (AvgIpc) is 3.39. The summed E-state index contributed by atoms with van der Waals surface area (Å²) < 4.78 is 37.5. The first-order valence-electron chi connectivity index (χ1n) is 11.7. The van der Waals surface area contributed by atoms with Crippen LogP contribution in [0, 0.1) is 12.8 Å². The molecule has 3 aromatic rings. The standard InChI is InChI=1S/C27H31F2N2O3.BrH/c1-21-30(16-17-31(21)20-22-9-4-2-5-10-22)15-8-18-34-25(32)27(33,23-11-6-3-7-12-23)24-13-14-26(28,29)19-24;/h2-7,9-12,16-17,24,33H,8,13-15,18-20H2,1H3;1H/q+1;/p-1/t24-,27-;/m0./s1. The highest BCUT2D eigenvalue weighted by molar-refractivity contribution is 5.81. The third kappa shape index (κ3) is 6.16. The number of aliphatic hydroxyl groups is 1. The number of aromatic nitrogens is 2. The zero-order valence-electron chi connectivity index (χ0n) is 19.7. The Balaban J connectivity index is 0.00000342. The fourth-order valence-electron chi connectivity index (χ4n) is 4.75. The number of halogens is 3. The lowest BCUT2D eigenvalue weighted by atomic mass is 9.80. The quantitative estimate of drug-likeness (QED) is 0.250. The summed E-state index contributed by atoms with van der Waals surface area (Å²) in [5, 5.41) is 11.4. The van der Waals surface area contributed by atoms with E-state index >= 15 is 0 Å². The lowest BCUT2D eigenvalue weighted by Crippen LogP contribution is -3.00. The lowest BCUT2D eigenvalue weighted by Gasteiger charge is -2.32. The predicted octanol–water partition coefficient (Wildman–Crippen LogP) is 1.39. The largest absolute Gasteiger partial charge is 1.00 e. The van der Waals surface area contributed by atoms with Crippen molar-refractivity contribution in [2.45, 2.75) is 57.2 Å². The first-order chi connectivity index (χ1) is 16.3. The van der Waals surface area contributed by atoms with Crippen LogP contribution in [0.5, 0.6) is 0 Å². The molecule has 5 nitrogen and oxygen atoms in total. The Kier molecular flexibility index (Phi) is 8.83. The smallest absolute Gasteiger partial charge is 0.343 e. The number of carbonyl (C=O) groups excluding carboxylic acids is 1. The molecule has 188 valence electrons. The Labute approximate surface area is 215 Å². The van der Waals surface area contributed by atoms with E-state index in [4.69, 9.17) is 4.74 Å². The second kappa shape index (κ2) is 11.4. The number of benzene rings is 2. The van der Waals surface area contributed by atoms with Crippen molar-refractivity contribution in [1.29, 1.82) is 0 Å². The lowest BCUT2D eigenvalue weighted by molar-refractivity contribution is -0.694. The van der Waals surface area contributed by atoms with Gasteiger partial charge in [0, 0.05) is 32.1 Å². The number of carbonyl (C=O) groups is 1. The van der Waals surface area contributed by atoms with Crippen molar-refractivity contribution in [2.24, 2.45) is 5.92 Å². The summed E-state index contributed by atoms with van der Waals surface area (Å²) >= 11 is 0. The highest BCUT2D eigenvalue weighted by Crippen LogP contribution is 2.47. The number of rotatable bonds is 9. The minimum absolute atomic E-state index is 0. The maximum Gasteiger partial charge on any atom is 0.343 e. The third-order valence-electron chi connectivity index (χ3n) is 6.75. The second-order valence-corrected chi connectivity index (χ2v) is 9.07. The van der Waals surface area contributed by atoms with Gasteiger partial charge in [-0.2, -0.15) is 0 Å². The Morgan fingerprint density at radius 1 is 1.17 bits per heavy atom. The highest BCUT2D eigenvalue weighted by Gasteiger charge is 2.54. The molecule has 0 amide bonds. The minimum atomic E-state index is -2.88. The third-order valence-corrected chi connectivity index (χ3v) is 6.75. The molecule has 1 heterocycles. The molecule has 0 aliphatic heterocycles. The van der Waals surface area contributed by atoms with Gasteiger partial charge >= 0.3 is 5.97 Å². The Bertz CT molecular complexity index is 1110. The summed E-state index contributed by atoms with van der Waals surface area (Å²) in [7, 11) is 0. The van der Waals surface area contributed by atoms with Gasteiger partial charge in [-0.25, -0.2) is 22.7 Å². The minimum Gasteiger partial charge on any atom is -1.00 e. The zero-order chi connectivity index (χ0) is 24.2. The number of esters is 1. The van der Waals surface area contributed by atoms with E-state index in [2.05, 4.69) is 21.3 Å².